The number of hydrogen-bond donors (Lipinski definition) is 0. The quantitative estimate of drug-likeness (QED) is 0.202. The molecule has 218 valence electrons. The lowest BCUT2D eigenvalue weighted by molar-refractivity contribution is 0.889. The average molecular weight is 584 g/mol. The van der Waals surface area contributed by atoms with Gasteiger partial charge in [0.25, 0.3) is 0 Å². The van der Waals surface area contributed by atoms with Crippen molar-refractivity contribution in [3.05, 3.63) is 144 Å². The van der Waals surface area contributed by atoms with Crippen LogP contribution in [-0.4, -0.2) is 23.9 Å². The molecule has 0 radical (unpaired) electrons. The lowest BCUT2D eigenvalue weighted by Gasteiger charge is -2.15. The fourth-order valence-electron chi connectivity index (χ4n) is 7.00. The molecule has 5 nitrogen and oxygen atoms in total. The largest absolute Gasteiger partial charge is 0.334 e. The molecule has 45 heavy (non-hydrogen) atoms. The van der Waals surface area contributed by atoms with Crippen LogP contribution in [0.25, 0.3) is 67.0 Å². The van der Waals surface area contributed by atoms with Crippen LogP contribution >= 0.6 is 0 Å². The lowest BCUT2D eigenvalue weighted by Crippen LogP contribution is -2.01. The van der Waals surface area contributed by atoms with Crippen molar-refractivity contribution >= 4 is 21.8 Å². The molecular weight excluding hydrogens is 550 g/mol. The number of imidazole rings is 1. The van der Waals surface area contributed by atoms with Gasteiger partial charge < -0.3 is 9.13 Å². The van der Waals surface area contributed by atoms with Crippen molar-refractivity contribution in [1.29, 1.82) is 0 Å². The summed E-state index contributed by atoms with van der Waals surface area (Å²) in [5.74, 6) is 0.941. The molecule has 0 aliphatic heterocycles. The number of nitrogens with zero attached hydrogens (tertiary/aromatic N) is 5. The normalized spacial score (nSPS) is 11.6. The molecule has 0 bridgehead atoms. The number of aromatic nitrogens is 5. The Hall–Kier alpha value is -5.68. The van der Waals surface area contributed by atoms with E-state index in [9.17, 15) is 0 Å². The zero-order chi connectivity index (χ0) is 30.7. The third-order valence-electron chi connectivity index (χ3n) is 8.85. The van der Waals surface area contributed by atoms with E-state index in [4.69, 9.17) is 5.10 Å². The number of fused-ring (bicyclic) bond motifs is 3. The molecule has 0 unspecified atom stereocenters. The van der Waals surface area contributed by atoms with E-state index >= 15 is 0 Å². The van der Waals surface area contributed by atoms with E-state index in [0.29, 0.717) is 0 Å². The lowest BCUT2D eigenvalue weighted by atomic mass is 9.92. The number of benzene rings is 5. The highest BCUT2D eigenvalue weighted by Gasteiger charge is 2.21. The Bertz CT molecular complexity index is 2340. The topological polar surface area (TPSA) is 40.6 Å². The molecule has 0 aliphatic rings. The molecule has 0 spiro atoms. The fourth-order valence-corrected chi connectivity index (χ4v) is 7.00. The van der Waals surface area contributed by atoms with Gasteiger partial charge in [-0.05, 0) is 67.8 Å². The van der Waals surface area contributed by atoms with Crippen LogP contribution in [0, 0.1) is 20.8 Å². The molecule has 8 rings (SSSR count). The standard InChI is InChI=1S/C40H33N5/c1-26-21-27(2)38(28(3)22-26)35-25-42-45(39(35)29-11-6-5-7-12-29)32-17-18-34-33-15-8-9-16-36(33)44(37(34)24-32)31-14-10-13-30(23-31)40-41-19-20-43(40)4/h5-25H,1-4H3. The van der Waals surface area contributed by atoms with Gasteiger partial charge in [0.1, 0.15) is 5.82 Å². The second-order valence-electron chi connectivity index (χ2n) is 11.9. The third-order valence-corrected chi connectivity index (χ3v) is 8.85. The number of para-hydroxylation sites is 1. The van der Waals surface area contributed by atoms with Gasteiger partial charge in [0.05, 0.1) is 28.6 Å². The van der Waals surface area contributed by atoms with Crippen molar-refractivity contribution in [3.63, 3.8) is 0 Å². The Morgan fingerprint density at radius 2 is 1.36 bits per heavy atom. The Morgan fingerprint density at radius 1 is 0.622 bits per heavy atom. The molecule has 5 heteroatoms. The van der Waals surface area contributed by atoms with Crippen LogP contribution in [0.3, 0.4) is 0 Å². The van der Waals surface area contributed by atoms with Crippen LogP contribution in [-0.2, 0) is 7.05 Å². The first-order valence-corrected chi connectivity index (χ1v) is 15.3. The highest BCUT2D eigenvalue weighted by atomic mass is 15.3. The monoisotopic (exact) mass is 583 g/mol. The van der Waals surface area contributed by atoms with Crippen molar-refractivity contribution in [1.82, 2.24) is 23.9 Å². The Balaban J connectivity index is 1.38. The Morgan fingerprint density at radius 3 is 2.13 bits per heavy atom. The van der Waals surface area contributed by atoms with Crippen LogP contribution in [0.15, 0.2) is 128 Å². The van der Waals surface area contributed by atoms with Gasteiger partial charge in [0, 0.05) is 52.6 Å². The molecule has 8 aromatic rings. The maximum Gasteiger partial charge on any atom is 0.139 e. The first-order valence-electron chi connectivity index (χ1n) is 15.3. The van der Waals surface area contributed by atoms with Crippen molar-refractivity contribution < 1.29 is 0 Å². The first kappa shape index (κ1) is 26.9. The zero-order valence-corrected chi connectivity index (χ0v) is 25.9. The molecule has 3 heterocycles. The van der Waals surface area contributed by atoms with E-state index in [0.717, 1.165) is 50.6 Å². The predicted molar refractivity (Wildman–Crippen MR) is 185 cm³/mol. The van der Waals surface area contributed by atoms with Gasteiger partial charge in [0.2, 0.25) is 0 Å². The highest BCUT2D eigenvalue weighted by Crippen LogP contribution is 2.39. The van der Waals surface area contributed by atoms with E-state index in [1.54, 1.807) is 0 Å². The molecular formula is C40H33N5. The third kappa shape index (κ3) is 4.39. The van der Waals surface area contributed by atoms with Crippen molar-refractivity contribution in [2.45, 2.75) is 20.8 Å². The molecule has 0 saturated carbocycles. The summed E-state index contributed by atoms with van der Waals surface area (Å²) in [6.45, 7) is 6.56. The van der Waals surface area contributed by atoms with Crippen LogP contribution in [0.4, 0.5) is 0 Å². The molecule has 0 fully saturated rings. The molecule has 0 N–H and O–H groups in total. The summed E-state index contributed by atoms with van der Waals surface area (Å²) in [5.41, 5.74) is 13.9. The molecule has 0 atom stereocenters. The summed E-state index contributed by atoms with van der Waals surface area (Å²) in [5, 5.41) is 7.48. The summed E-state index contributed by atoms with van der Waals surface area (Å²) in [4.78, 5) is 4.61. The maximum absolute atomic E-state index is 5.06. The number of aryl methyl sites for hydroxylation is 4. The van der Waals surface area contributed by atoms with Crippen LogP contribution in [0.5, 0.6) is 0 Å². The minimum absolute atomic E-state index is 0.941. The van der Waals surface area contributed by atoms with E-state index in [-0.39, 0.29) is 0 Å². The van der Waals surface area contributed by atoms with Gasteiger partial charge in [-0.25, -0.2) is 9.67 Å². The number of hydrogen-bond acceptors (Lipinski definition) is 2. The van der Waals surface area contributed by atoms with Crippen molar-refractivity contribution in [2.75, 3.05) is 0 Å². The van der Waals surface area contributed by atoms with Gasteiger partial charge in [-0.2, -0.15) is 5.10 Å². The summed E-state index contributed by atoms with van der Waals surface area (Å²) >= 11 is 0. The molecule has 0 aliphatic carbocycles. The van der Waals surface area contributed by atoms with E-state index in [2.05, 4.69) is 149 Å². The predicted octanol–water partition coefficient (Wildman–Crippen LogP) is 9.63. The second-order valence-corrected chi connectivity index (χ2v) is 11.9. The van der Waals surface area contributed by atoms with Gasteiger partial charge in [-0.3, -0.25) is 0 Å². The Labute approximate surface area is 262 Å². The van der Waals surface area contributed by atoms with Crippen molar-refractivity contribution in [2.24, 2.45) is 7.05 Å². The molecule has 5 aromatic carbocycles. The van der Waals surface area contributed by atoms with Gasteiger partial charge in [-0.1, -0.05) is 84.4 Å². The average Bonchev–Trinajstić information content (AvgIpc) is 3.76. The van der Waals surface area contributed by atoms with E-state index < -0.39 is 0 Å². The maximum atomic E-state index is 5.06. The minimum Gasteiger partial charge on any atom is -0.334 e. The SMILES string of the molecule is Cc1cc(C)c(-c2cnn(-c3ccc4c5ccccc5n(-c5cccc(-c6nccn6C)c5)c4c3)c2-c2ccccc2)c(C)c1. The van der Waals surface area contributed by atoms with E-state index in [1.807, 2.05) is 25.6 Å². The second kappa shape index (κ2) is 10.5. The smallest absolute Gasteiger partial charge is 0.139 e. The van der Waals surface area contributed by atoms with Crippen molar-refractivity contribution in [3.8, 4) is 45.1 Å². The van der Waals surface area contributed by atoms with Gasteiger partial charge in [-0.15, -0.1) is 0 Å². The Kier molecular flexibility index (Phi) is 6.27. The van der Waals surface area contributed by atoms with Crippen LogP contribution in [0.1, 0.15) is 16.7 Å². The first-order chi connectivity index (χ1) is 22.0. The van der Waals surface area contributed by atoms with Gasteiger partial charge >= 0.3 is 0 Å². The van der Waals surface area contributed by atoms with E-state index in [1.165, 1.54) is 33.0 Å². The minimum atomic E-state index is 0.941. The molecule has 0 amide bonds. The summed E-state index contributed by atoms with van der Waals surface area (Å²) in [6, 6.07) is 39.1. The van der Waals surface area contributed by atoms with Crippen LogP contribution < -0.4 is 0 Å². The zero-order valence-electron chi connectivity index (χ0n) is 25.9. The molecule has 0 saturated heterocycles. The summed E-state index contributed by atoms with van der Waals surface area (Å²) < 4.78 is 6.53. The van der Waals surface area contributed by atoms with Crippen LogP contribution in [0.2, 0.25) is 0 Å². The summed E-state index contributed by atoms with van der Waals surface area (Å²) in [7, 11) is 2.03. The fraction of sp³-hybridized carbons (Fsp3) is 0.100. The highest BCUT2D eigenvalue weighted by molar-refractivity contribution is 6.09. The summed E-state index contributed by atoms with van der Waals surface area (Å²) in [6.07, 6.45) is 5.86. The number of rotatable bonds is 5. The van der Waals surface area contributed by atoms with Gasteiger partial charge in [0.15, 0.2) is 0 Å². The molecule has 3 aromatic heterocycles.